The molecule has 1 aliphatic rings. The highest BCUT2D eigenvalue weighted by Gasteiger charge is 2.37. The molecule has 0 unspecified atom stereocenters. The van der Waals surface area contributed by atoms with E-state index in [0.29, 0.717) is 12.3 Å². The van der Waals surface area contributed by atoms with Crippen molar-refractivity contribution in [1.82, 2.24) is 5.32 Å². The van der Waals surface area contributed by atoms with Gasteiger partial charge in [0.2, 0.25) is 6.41 Å². The number of hydrogen-bond donors (Lipinski definition) is 1. The van der Waals surface area contributed by atoms with Gasteiger partial charge in [-0.3, -0.25) is 4.79 Å². The molecule has 1 aromatic rings. The first-order chi connectivity index (χ1) is 6.31. The lowest BCUT2D eigenvalue weighted by molar-refractivity contribution is -0.109. The number of amides is 1. The van der Waals surface area contributed by atoms with E-state index in [1.165, 1.54) is 12.1 Å². The van der Waals surface area contributed by atoms with Crippen molar-refractivity contribution < 1.29 is 9.18 Å². The van der Waals surface area contributed by atoms with E-state index in [4.69, 9.17) is 0 Å². The van der Waals surface area contributed by atoms with Crippen LogP contribution in [0.3, 0.4) is 0 Å². The summed E-state index contributed by atoms with van der Waals surface area (Å²) < 4.78 is 12.5. The summed E-state index contributed by atoms with van der Waals surface area (Å²) in [6.45, 7) is 0. The molecule has 0 bridgehead atoms. The Morgan fingerprint density at radius 1 is 1.38 bits per heavy atom. The van der Waals surface area contributed by atoms with E-state index >= 15 is 0 Å². The van der Waals surface area contributed by atoms with E-state index in [1.807, 2.05) is 0 Å². The number of carbonyl (C=O) groups is 1. The average Bonchev–Trinajstić information content (AvgIpc) is 2.86. The average molecular weight is 179 g/mol. The van der Waals surface area contributed by atoms with Crippen LogP contribution in [-0.2, 0) is 4.79 Å². The highest BCUT2D eigenvalue weighted by Crippen LogP contribution is 2.40. The molecular weight excluding hydrogens is 169 g/mol. The number of nitrogens with one attached hydrogen (secondary N) is 1. The van der Waals surface area contributed by atoms with E-state index in [2.05, 4.69) is 5.32 Å². The summed E-state index contributed by atoms with van der Waals surface area (Å²) >= 11 is 0. The van der Waals surface area contributed by atoms with Gasteiger partial charge in [0.15, 0.2) is 0 Å². The number of hydrogen-bond acceptors (Lipinski definition) is 1. The van der Waals surface area contributed by atoms with Crippen LogP contribution in [0.15, 0.2) is 24.3 Å². The second-order valence-corrected chi connectivity index (χ2v) is 3.28. The van der Waals surface area contributed by atoms with Crippen molar-refractivity contribution in [3.05, 3.63) is 35.6 Å². The molecule has 0 spiro atoms. The first-order valence-electron chi connectivity index (χ1n) is 4.26. The summed E-state index contributed by atoms with van der Waals surface area (Å²) in [4.78, 5) is 10.1. The maximum atomic E-state index is 12.5. The quantitative estimate of drug-likeness (QED) is 0.699. The summed E-state index contributed by atoms with van der Waals surface area (Å²) in [5.74, 6) is 0.162. The molecule has 68 valence electrons. The van der Waals surface area contributed by atoms with Crippen LogP contribution in [0.4, 0.5) is 4.39 Å². The van der Waals surface area contributed by atoms with Crippen LogP contribution in [-0.4, -0.2) is 12.5 Å². The van der Waals surface area contributed by atoms with Crippen LogP contribution in [0.25, 0.3) is 0 Å². The third kappa shape index (κ3) is 1.69. The van der Waals surface area contributed by atoms with Crippen molar-refractivity contribution in [1.29, 1.82) is 0 Å². The molecule has 1 N–H and O–H groups in total. The SMILES string of the molecule is O=CN[C@H]1C[C@@H]1c1ccc(F)cc1. The second-order valence-electron chi connectivity index (χ2n) is 3.28. The molecule has 3 heteroatoms. The molecule has 0 aromatic heterocycles. The minimum atomic E-state index is -0.218. The Balaban J connectivity index is 2.03. The summed E-state index contributed by atoms with van der Waals surface area (Å²) in [6.07, 6.45) is 1.68. The van der Waals surface area contributed by atoms with Crippen molar-refractivity contribution in [2.24, 2.45) is 0 Å². The predicted octanol–water partition coefficient (Wildman–Crippen LogP) is 1.43. The standard InChI is InChI=1S/C10H10FNO/c11-8-3-1-7(2-4-8)9-5-10(9)12-6-13/h1-4,6,9-10H,5H2,(H,12,13)/t9-,10+/m1/s1. The van der Waals surface area contributed by atoms with Gasteiger partial charge in [0.1, 0.15) is 5.82 Å². The Kier molecular flexibility index (Phi) is 2.00. The molecule has 0 aliphatic heterocycles. The molecule has 0 radical (unpaired) electrons. The van der Waals surface area contributed by atoms with E-state index in [-0.39, 0.29) is 11.9 Å². The van der Waals surface area contributed by atoms with Gasteiger partial charge in [-0.2, -0.15) is 0 Å². The van der Waals surface area contributed by atoms with Crippen LogP contribution < -0.4 is 5.32 Å². The fourth-order valence-electron chi connectivity index (χ4n) is 1.54. The molecule has 0 heterocycles. The molecule has 2 nitrogen and oxygen atoms in total. The van der Waals surface area contributed by atoms with Crippen LogP contribution in [0.1, 0.15) is 17.9 Å². The van der Waals surface area contributed by atoms with Crippen LogP contribution in [0.2, 0.25) is 0 Å². The topological polar surface area (TPSA) is 29.1 Å². The van der Waals surface area contributed by atoms with Crippen LogP contribution in [0.5, 0.6) is 0 Å². The largest absolute Gasteiger partial charge is 0.355 e. The molecular formula is C10H10FNO. The molecule has 2 rings (SSSR count). The van der Waals surface area contributed by atoms with E-state index in [9.17, 15) is 9.18 Å². The number of benzene rings is 1. The molecule has 1 aromatic carbocycles. The summed E-state index contributed by atoms with van der Waals surface area (Å²) in [7, 11) is 0. The third-order valence-corrected chi connectivity index (χ3v) is 2.37. The minimum Gasteiger partial charge on any atom is -0.355 e. The Morgan fingerprint density at radius 3 is 2.69 bits per heavy atom. The van der Waals surface area contributed by atoms with Gasteiger partial charge in [-0.1, -0.05) is 12.1 Å². The Labute approximate surface area is 75.8 Å². The smallest absolute Gasteiger partial charge is 0.207 e. The Hall–Kier alpha value is -1.38. The van der Waals surface area contributed by atoms with Crippen molar-refractivity contribution in [2.75, 3.05) is 0 Å². The lowest BCUT2D eigenvalue weighted by Crippen LogP contribution is -2.14. The fourth-order valence-corrected chi connectivity index (χ4v) is 1.54. The fraction of sp³-hybridized carbons (Fsp3) is 0.300. The lowest BCUT2D eigenvalue weighted by atomic mass is 10.1. The molecule has 1 amide bonds. The zero-order chi connectivity index (χ0) is 9.26. The highest BCUT2D eigenvalue weighted by atomic mass is 19.1. The first-order valence-corrected chi connectivity index (χ1v) is 4.26. The van der Waals surface area contributed by atoms with Crippen LogP contribution in [0, 0.1) is 5.82 Å². The maximum Gasteiger partial charge on any atom is 0.207 e. The van der Waals surface area contributed by atoms with Crippen molar-refractivity contribution in [2.45, 2.75) is 18.4 Å². The molecule has 13 heavy (non-hydrogen) atoms. The number of rotatable bonds is 3. The molecule has 2 atom stereocenters. The maximum absolute atomic E-state index is 12.5. The minimum absolute atomic E-state index is 0.218. The van der Waals surface area contributed by atoms with Gasteiger partial charge in [-0.25, -0.2) is 4.39 Å². The molecule has 0 saturated heterocycles. The van der Waals surface area contributed by atoms with Gasteiger partial charge in [0.25, 0.3) is 0 Å². The van der Waals surface area contributed by atoms with Gasteiger partial charge in [-0.15, -0.1) is 0 Å². The second kappa shape index (κ2) is 3.17. The van der Waals surface area contributed by atoms with Gasteiger partial charge in [0, 0.05) is 12.0 Å². The highest BCUT2D eigenvalue weighted by molar-refractivity contribution is 5.49. The first kappa shape index (κ1) is 8.23. The zero-order valence-corrected chi connectivity index (χ0v) is 7.03. The predicted molar refractivity (Wildman–Crippen MR) is 46.7 cm³/mol. The number of halogens is 1. The number of carbonyl (C=O) groups excluding carboxylic acids is 1. The normalized spacial score (nSPS) is 25.3. The summed E-state index contributed by atoms with van der Waals surface area (Å²) in [6, 6.07) is 6.69. The Bertz CT molecular complexity index is 309. The van der Waals surface area contributed by atoms with Crippen LogP contribution >= 0.6 is 0 Å². The Morgan fingerprint density at radius 2 is 2.08 bits per heavy atom. The van der Waals surface area contributed by atoms with Gasteiger partial charge < -0.3 is 5.32 Å². The molecule has 1 saturated carbocycles. The van der Waals surface area contributed by atoms with Gasteiger partial charge in [0.05, 0.1) is 0 Å². The molecule has 1 fully saturated rings. The van der Waals surface area contributed by atoms with E-state index in [1.54, 1.807) is 12.1 Å². The zero-order valence-electron chi connectivity index (χ0n) is 7.03. The van der Waals surface area contributed by atoms with Crippen molar-refractivity contribution in [3.8, 4) is 0 Å². The van der Waals surface area contributed by atoms with Gasteiger partial charge >= 0.3 is 0 Å². The summed E-state index contributed by atoms with van der Waals surface area (Å²) in [5.41, 5.74) is 1.10. The lowest BCUT2D eigenvalue weighted by Gasteiger charge is -1.98. The van der Waals surface area contributed by atoms with E-state index < -0.39 is 0 Å². The van der Waals surface area contributed by atoms with Gasteiger partial charge in [-0.05, 0) is 24.1 Å². The monoisotopic (exact) mass is 179 g/mol. The summed E-state index contributed by atoms with van der Waals surface area (Å²) in [5, 5.41) is 2.71. The molecule has 1 aliphatic carbocycles. The van der Waals surface area contributed by atoms with Crippen molar-refractivity contribution >= 4 is 6.41 Å². The van der Waals surface area contributed by atoms with E-state index in [0.717, 1.165) is 12.0 Å². The third-order valence-electron chi connectivity index (χ3n) is 2.37. The van der Waals surface area contributed by atoms with Crippen molar-refractivity contribution in [3.63, 3.8) is 0 Å².